The second-order valence-corrected chi connectivity index (χ2v) is 12.4. The SMILES string of the molecule is Cc1cccc(CS(=O)(=O)c2ncc(CN(C[C@@H]3CCCO3)C(=O)NC(C)C)n2C2CCCCC2)c1. The molecule has 2 fully saturated rings. The molecule has 1 aromatic heterocycles. The van der Waals surface area contributed by atoms with Crippen LogP contribution in [0.3, 0.4) is 0 Å². The van der Waals surface area contributed by atoms with E-state index in [0.29, 0.717) is 19.7 Å². The number of aromatic nitrogens is 2. The molecule has 2 heterocycles. The monoisotopic (exact) mass is 516 g/mol. The van der Waals surface area contributed by atoms with Gasteiger partial charge in [0.05, 0.1) is 30.3 Å². The summed E-state index contributed by atoms with van der Waals surface area (Å²) in [5.41, 5.74) is 2.55. The molecule has 1 N–H and O–H groups in total. The zero-order chi connectivity index (χ0) is 25.7. The van der Waals surface area contributed by atoms with Gasteiger partial charge >= 0.3 is 6.03 Å². The first-order chi connectivity index (χ1) is 17.2. The molecule has 8 nitrogen and oxygen atoms in total. The summed E-state index contributed by atoms with van der Waals surface area (Å²) in [5.74, 6) is -0.0919. The van der Waals surface area contributed by atoms with Crippen LogP contribution >= 0.6 is 0 Å². The Morgan fingerprint density at radius 1 is 1.19 bits per heavy atom. The number of hydrogen-bond donors (Lipinski definition) is 1. The minimum Gasteiger partial charge on any atom is -0.376 e. The molecule has 0 bridgehead atoms. The molecule has 1 aliphatic carbocycles. The van der Waals surface area contributed by atoms with E-state index < -0.39 is 9.84 Å². The highest BCUT2D eigenvalue weighted by molar-refractivity contribution is 7.90. The molecule has 0 unspecified atom stereocenters. The summed E-state index contributed by atoms with van der Waals surface area (Å²) in [6.45, 7) is 7.31. The zero-order valence-corrected chi connectivity index (χ0v) is 22.6. The number of carbonyl (C=O) groups is 1. The van der Waals surface area contributed by atoms with E-state index in [0.717, 1.165) is 61.8 Å². The van der Waals surface area contributed by atoms with E-state index >= 15 is 0 Å². The smallest absolute Gasteiger partial charge is 0.318 e. The van der Waals surface area contributed by atoms with Gasteiger partial charge in [-0.2, -0.15) is 0 Å². The number of rotatable bonds is 9. The highest BCUT2D eigenvalue weighted by Crippen LogP contribution is 2.33. The third-order valence-corrected chi connectivity index (χ3v) is 8.57. The molecular weight excluding hydrogens is 476 g/mol. The number of nitrogens with zero attached hydrogens (tertiary/aromatic N) is 3. The molecule has 1 aliphatic heterocycles. The maximum atomic E-state index is 13.6. The van der Waals surface area contributed by atoms with Gasteiger partial charge in [-0.05, 0) is 52.0 Å². The number of ether oxygens (including phenoxy) is 1. The molecule has 36 heavy (non-hydrogen) atoms. The molecule has 2 aromatic rings. The minimum absolute atomic E-state index is 0.00140. The Balaban J connectivity index is 1.66. The Hall–Kier alpha value is -2.39. The lowest BCUT2D eigenvalue weighted by Gasteiger charge is -2.30. The molecule has 4 rings (SSSR count). The quantitative estimate of drug-likeness (QED) is 0.518. The Bertz CT molecular complexity index is 1130. The molecule has 198 valence electrons. The minimum atomic E-state index is -3.68. The topological polar surface area (TPSA) is 93.5 Å². The van der Waals surface area contributed by atoms with Crippen LogP contribution in [0.1, 0.15) is 81.7 Å². The molecule has 0 radical (unpaired) electrons. The second kappa shape index (κ2) is 11.8. The van der Waals surface area contributed by atoms with Crippen molar-refractivity contribution >= 4 is 15.9 Å². The van der Waals surface area contributed by atoms with E-state index in [4.69, 9.17) is 4.74 Å². The van der Waals surface area contributed by atoms with E-state index in [1.807, 2.05) is 49.6 Å². The number of hydrogen-bond acceptors (Lipinski definition) is 5. The van der Waals surface area contributed by atoms with Crippen molar-refractivity contribution in [2.45, 2.75) is 101 Å². The fourth-order valence-corrected chi connectivity index (χ4v) is 6.85. The largest absolute Gasteiger partial charge is 0.376 e. The molecule has 1 saturated heterocycles. The number of sulfone groups is 1. The molecule has 1 aromatic carbocycles. The zero-order valence-electron chi connectivity index (χ0n) is 21.8. The lowest BCUT2D eigenvalue weighted by molar-refractivity contribution is 0.0782. The third kappa shape index (κ3) is 6.68. The Kier molecular flexibility index (Phi) is 8.72. The van der Waals surface area contributed by atoms with Crippen molar-refractivity contribution in [3.8, 4) is 0 Å². The predicted octanol–water partition coefficient (Wildman–Crippen LogP) is 4.77. The Morgan fingerprint density at radius 2 is 1.97 bits per heavy atom. The summed E-state index contributed by atoms with van der Waals surface area (Å²) in [6.07, 6.45) is 8.69. The fourth-order valence-electron chi connectivity index (χ4n) is 5.33. The number of nitrogens with one attached hydrogen (secondary N) is 1. The summed E-state index contributed by atoms with van der Waals surface area (Å²) in [6, 6.07) is 7.50. The molecule has 2 amide bonds. The summed E-state index contributed by atoms with van der Waals surface area (Å²) in [4.78, 5) is 19.3. The van der Waals surface area contributed by atoms with E-state index in [2.05, 4.69) is 10.3 Å². The number of benzene rings is 1. The van der Waals surface area contributed by atoms with Gasteiger partial charge in [0.15, 0.2) is 0 Å². The van der Waals surface area contributed by atoms with Gasteiger partial charge in [0.2, 0.25) is 15.0 Å². The van der Waals surface area contributed by atoms with Crippen molar-refractivity contribution < 1.29 is 17.9 Å². The first kappa shape index (κ1) is 26.7. The van der Waals surface area contributed by atoms with Gasteiger partial charge in [-0.25, -0.2) is 18.2 Å². The van der Waals surface area contributed by atoms with E-state index in [1.165, 1.54) is 0 Å². The van der Waals surface area contributed by atoms with Gasteiger partial charge in [-0.1, -0.05) is 49.1 Å². The molecular formula is C27H40N4O4S. The van der Waals surface area contributed by atoms with Crippen LogP contribution in [0.15, 0.2) is 35.6 Å². The van der Waals surface area contributed by atoms with Crippen molar-refractivity contribution in [2.24, 2.45) is 0 Å². The number of imidazole rings is 1. The van der Waals surface area contributed by atoms with Crippen LogP contribution in [0, 0.1) is 6.92 Å². The second-order valence-electron chi connectivity index (χ2n) is 10.6. The van der Waals surface area contributed by atoms with Crippen LogP contribution in [0.25, 0.3) is 0 Å². The number of carbonyl (C=O) groups excluding carboxylic acids is 1. The third-order valence-electron chi connectivity index (χ3n) is 7.00. The lowest BCUT2D eigenvalue weighted by atomic mass is 9.95. The summed E-state index contributed by atoms with van der Waals surface area (Å²) in [5, 5.41) is 3.11. The standard InChI is InChI=1S/C27H40N4O4S/c1-20(2)29-26(32)30(18-25-13-8-14-35-25)17-24-16-28-27(31(24)23-11-5-4-6-12-23)36(33,34)19-22-10-7-9-21(3)15-22/h7,9-10,15-16,20,23,25H,4-6,8,11-14,17-19H2,1-3H3,(H,29,32)/t25-/m0/s1. The van der Waals surface area contributed by atoms with E-state index in [9.17, 15) is 13.2 Å². The normalized spacial score (nSPS) is 19.1. The molecule has 2 aliphatic rings. The van der Waals surface area contributed by atoms with Crippen LogP contribution in [-0.2, 0) is 26.9 Å². The lowest BCUT2D eigenvalue weighted by Crippen LogP contribution is -2.46. The van der Waals surface area contributed by atoms with Gasteiger partial charge in [-0.3, -0.25) is 0 Å². The van der Waals surface area contributed by atoms with Crippen molar-refractivity contribution in [1.29, 1.82) is 0 Å². The maximum Gasteiger partial charge on any atom is 0.318 e. The first-order valence-electron chi connectivity index (χ1n) is 13.2. The van der Waals surface area contributed by atoms with Crippen LogP contribution in [0.4, 0.5) is 4.79 Å². The van der Waals surface area contributed by atoms with Gasteiger partial charge in [0.25, 0.3) is 0 Å². The van der Waals surface area contributed by atoms with E-state index in [1.54, 1.807) is 11.1 Å². The summed E-state index contributed by atoms with van der Waals surface area (Å²) >= 11 is 0. The fraction of sp³-hybridized carbons (Fsp3) is 0.630. The summed E-state index contributed by atoms with van der Waals surface area (Å²) < 4.78 is 35.0. The number of amides is 2. The Labute approximate surface area is 215 Å². The van der Waals surface area contributed by atoms with Crippen LogP contribution in [-0.4, -0.2) is 54.2 Å². The van der Waals surface area contributed by atoms with Crippen LogP contribution in [0.2, 0.25) is 0 Å². The van der Waals surface area contributed by atoms with Gasteiger partial charge in [0.1, 0.15) is 0 Å². The number of urea groups is 1. The van der Waals surface area contributed by atoms with Crippen molar-refractivity contribution in [3.05, 3.63) is 47.3 Å². The molecule has 1 saturated carbocycles. The van der Waals surface area contributed by atoms with Crippen LogP contribution < -0.4 is 5.32 Å². The van der Waals surface area contributed by atoms with Gasteiger partial charge < -0.3 is 19.5 Å². The van der Waals surface area contributed by atoms with Gasteiger partial charge in [-0.15, -0.1) is 0 Å². The average Bonchev–Trinajstić information content (AvgIpc) is 3.49. The predicted molar refractivity (Wildman–Crippen MR) is 139 cm³/mol. The van der Waals surface area contributed by atoms with Crippen molar-refractivity contribution in [2.75, 3.05) is 13.2 Å². The van der Waals surface area contributed by atoms with Crippen molar-refractivity contribution in [1.82, 2.24) is 19.8 Å². The number of aryl methyl sites for hydroxylation is 1. The Morgan fingerprint density at radius 3 is 2.64 bits per heavy atom. The van der Waals surface area contributed by atoms with E-state index in [-0.39, 0.29) is 35.1 Å². The highest BCUT2D eigenvalue weighted by atomic mass is 32.2. The first-order valence-corrected chi connectivity index (χ1v) is 14.9. The molecule has 1 atom stereocenters. The summed E-state index contributed by atoms with van der Waals surface area (Å²) in [7, 11) is -3.68. The highest BCUT2D eigenvalue weighted by Gasteiger charge is 2.31. The van der Waals surface area contributed by atoms with Crippen molar-refractivity contribution in [3.63, 3.8) is 0 Å². The maximum absolute atomic E-state index is 13.6. The molecule has 9 heteroatoms. The molecule has 0 spiro atoms. The van der Waals surface area contributed by atoms with Crippen LogP contribution in [0.5, 0.6) is 0 Å². The average molecular weight is 517 g/mol. The van der Waals surface area contributed by atoms with Gasteiger partial charge in [0, 0.05) is 25.2 Å².